The molecule has 44 heavy (non-hydrogen) atoms. The van der Waals surface area contributed by atoms with Crippen molar-refractivity contribution in [3.05, 3.63) is 88.7 Å². The minimum Gasteiger partial charge on any atom is -0.453 e. The highest BCUT2D eigenvalue weighted by Gasteiger charge is 2.24. The number of rotatable bonds is 4. The van der Waals surface area contributed by atoms with E-state index in [1.165, 1.54) is 30.1 Å². The molecule has 2 bridgehead atoms. The standard InChI is InChI=1S/C31H30ClFN6O4.ClH/c1-17-6-4-8-24(37-30(41)22-16-35-39(18(22)2)27-9-5-7-23(32)28(27)33)26-14-19(12-13-34-26)21-11-10-20(36-31(42)43-3)15-25(21)38-29(17)40;/h5,7,9-17,24H,4,6,8H2,1-3H3,(H,36,42)(H,37,41)(H,38,40);1H/t17-,24+;/m1./s1. The maximum atomic E-state index is 14.7. The normalized spacial score (nSPS) is 16.2. The van der Waals surface area contributed by atoms with E-state index < -0.39 is 18.0 Å². The van der Waals surface area contributed by atoms with Gasteiger partial charge in [0.2, 0.25) is 5.91 Å². The number of hydrogen-bond acceptors (Lipinski definition) is 6. The molecule has 0 radical (unpaired) electrons. The number of pyridine rings is 1. The summed E-state index contributed by atoms with van der Waals surface area (Å²) in [5.41, 5.74) is 3.96. The molecule has 1 aliphatic heterocycles. The highest BCUT2D eigenvalue weighted by atomic mass is 35.5. The predicted octanol–water partition coefficient (Wildman–Crippen LogP) is 6.86. The van der Waals surface area contributed by atoms with Crippen LogP contribution in [0.1, 0.15) is 54.0 Å². The number of anilines is 2. The second-order valence-electron chi connectivity index (χ2n) is 10.3. The van der Waals surface area contributed by atoms with Gasteiger partial charge in [-0.25, -0.2) is 13.9 Å². The van der Waals surface area contributed by atoms with E-state index in [0.717, 1.165) is 5.56 Å². The molecule has 1 aliphatic rings. The minimum atomic E-state index is -0.630. The third-order valence-electron chi connectivity index (χ3n) is 7.46. The average molecular weight is 642 g/mol. The van der Waals surface area contributed by atoms with E-state index in [0.29, 0.717) is 47.6 Å². The lowest BCUT2D eigenvalue weighted by atomic mass is 9.95. The molecule has 0 spiro atoms. The molecule has 3 heterocycles. The van der Waals surface area contributed by atoms with Gasteiger partial charge in [-0.3, -0.25) is 19.9 Å². The van der Waals surface area contributed by atoms with Gasteiger partial charge in [0.25, 0.3) is 5.91 Å². The largest absolute Gasteiger partial charge is 0.453 e. The Labute approximate surface area is 264 Å². The Hall–Kier alpha value is -4.48. The topological polar surface area (TPSA) is 127 Å². The molecular weight excluding hydrogens is 610 g/mol. The molecule has 0 saturated heterocycles. The summed E-state index contributed by atoms with van der Waals surface area (Å²) in [5, 5.41) is 12.9. The van der Waals surface area contributed by atoms with Crippen molar-refractivity contribution in [3.8, 4) is 16.8 Å². The van der Waals surface area contributed by atoms with Crippen molar-refractivity contribution >= 4 is 53.3 Å². The van der Waals surface area contributed by atoms with Crippen molar-refractivity contribution in [2.45, 2.75) is 39.2 Å². The van der Waals surface area contributed by atoms with Gasteiger partial charge in [0.15, 0.2) is 5.82 Å². The number of methoxy groups -OCH3 is 1. The summed E-state index contributed by atoms with van der Waals surface area (Å²) in [4.78, 5) is 43.0. The van der Waals surface area contributed by atoms with Crippen LogP contribution in [0.3, 0.4) is 0 Å². The van der Waals surface area contributed by atoms with Gasteiger partial charge in [-0.05, 0) is 61.7 Å². The van der Waals surface area contributed by atoms with Crippen LogP contribution in [0.2, 0.25) is 5.02 Å². The van der Waals surface area contributed by atoms with Gasteiger partial charge < -0.3 is 15.4 Å². The van der Waals surface area contributed by atoms with E-state index >= 15 is 0 Å². The average Bonchev–Trinajstić information content (AvgIpc) is 3.38. The molecule has 3 N–H and O–H groups in total. The number of fused-ring (bicyclic) bond motifs is 4. The quantitative estimate of drug-likeness (QED) is 0.223. The molecular formula is C31H31Cl2FN6O4. The zero-order valence-corrected chi connectivity index (χ0v) is 25.8. The number of aromatic nitrogens is 3. The zero-order valence-electron chi connectivity index (χ0n) is 24.2. The lowest BCUT2D eigenvalue weighted by Crippen LogP contribution is -2.30. The fourth-order valence-corrected chi connectivity index (χ4v) is 5.20. The Kier molecular flexibility index (Phi) is 10.2. The van der Waals surface area contributed by atoms with Gasteiger partial charge in [-0.15, -0.1) is 12.4 Å². The van der Waals surface area contributed by atoms with Crippen LogP contribution in [0.4, 0.5) is 20.6 Å². The first-order valence-electron chi connectivity index (χ1n) is 13.7. The molecule has 230 valence electrons. The first-order valence-corrected chi connectivity index (χ1v) is 14.1. The summed E-state index contributed by atoms with van der Waals surface area (Å²) in [6.45, 7) is 3.53. The second kappa shape index (κ2) is 13.9. The van der Waals surface area contributed by atoms with Crippen molar-refractivity contribution < 1.29 is 23.5 Å². The van der Waals surface area contributed by atoms with Crippen LogP contribution in [-0.4, -0.2) is 39.8 Å². The molecule has 4 aromatic rings. The maximum Gasteiger partial charge on any atom is 0.411 e. The molecule has 2 atom stereocenters. The first kappa shape index (κ1) is 32.4. The van der Waals surface area contributed by atoms with Crippen LogP contribution in [0.15, 0.2) is 60.9 Å². The number of amides is 3. The lowest BCUT2D eigenvalue weighted by molar-refractivity contribution is -0.119. The number of hydrogen-bond donors (Lipinski definition) is 3. The number of carbonyl (C=O) groups is 3. The van der Waals surface area contributed by atoms with Crippen molar-refractivity contribution in [2.75, 3.05) is 17.7 Å². The molecule has 2 aromatic heterocycles. The molecule has 13 heteroatoms. The second-order valence-corrected chi connectivity index (χ2v) is 10.7. The van der Waals surface area contributed by atoms with Gasteiger partial charge >= 0.3 is 6.09 Å². The summed E-state index contributed by atoms with van der Waals surface area (Å²) in [6.07, 6.45) is 4.15. The van der Waals surface area contributed by atoms with E-state index in [4.69, 9.17) is 16.3 Å². The summed E-state index contributed by atoms with van der Waals surface area (Å²) in [5.74, 6) is -1.50. The fourth-order valence-electron chi connectivity index (χ4n) is 5.03. The number of halogens is 3. The van der Waals surface area contributed by atoms with Crippen LogP contribution < -0.4 is 16.0 Å². The molecule has 5 rings (SSSR count). The van der Waals surface area contributed by atoms with E-state index in [-0.39, 0.29) is 46.4 Å². The van der Waals surface area contributed by atoms with Gasteiger partial charge in [0, 0.05) is 23.4 Å². The van der Waals surface area contributed by atoms with E-state index in [2.05, 4.69) is 26.0 Å². The molecule has 0 aliphatic carbocycles. The Morgan fingerprint density at radius 1 is 1.16 bits per heavy atom. The number of nitrogens with one attached hydrogen (secondary N) is 3. The van der Waals surface area contributed by atoms with Crippen molar-refractivity contribution in [3.63, 3.8) is 0 Å². The molecule has 3 amide bonds. The minimum absolute atomic E-state index is 0. The number of ether oxygens (including phenoxy) is 1. The predicted molar refractivity (Wildman–Crippen MR) is 168 cm³/mol. The van der Waals surface area contributed by atoms with Crippen molar-refractivity contribution in [1.29, 1.82) is 0 Å². The first-order chi connectivity index (χ1) is 20.7. The lowest BCUT2D eigenvalue weighted by Gasteiger charge is -2.22. The monoisotopic (exact) mass is 640 g/mol. The van der Waals surface area contributed by atoms with Crippen LogP contribution in [0.25, 0.3) is 16.8 Å². The van der Waals surface area contributed by atoms with Crippen LogP contribution in [-0.2, 0) is 9.53 Å². The highest BCUT2D eigenvalue weighted by Crippen LogP contribution is 2.34. The Morgan fingerprint density at radius 3 is 2.73 bits per heavy atom. The molecule has 0 unspecified atom stereocenters. The highest BCUT2D eigenvalue weighted by molar-refractivity contribution is 6.30. The maximum absolute atomic E-state index is 14.7. The van der Waals surface area contributed by atoms with Crippen LogP contribution >= 0.6 is 24.0 Å². The zero-order chi connectivity index (χ0) is 30.7. The Bertz CT molecular complexity index is 1710. The number of nitrogens with zero attached hydrogens (tertiary/aromatic N) is 3. The number of benzene rings is 2. The molecule has 0 saturated carbocycles. The summed E-state index contributed by atoms with van der Waals surface area (Å²) in [7, 11) is 1.27. The van der Waals surface area contributed by atoms with E-state index in [1.807, 2.05) is 19.1 Å². The van der Waals surface area contributed by atoms with Crippen LogP contribution in [0, 0.1) is 18.7 Å². The van der Waals surface area contributed by atoms with E-state index in [9.17, 15) is 18.8 Å². The van der Waals surface area contributed by atoms with E-state index in [1.54, 1.807) is 37.4 Å². The van der Waals surface area contributed by atoms with Crippen molar-refractivity contribution in [1.82, 2.24) is 20.1 Å². The van der Waals surface area contributed by atoms with Crippen molar-refractivity contribution in [2.24, 2.45) is 5.92 Å². The summed E-state index contributed by atoms with van der Waals surface area (Å²) in [6, 6.07) is 13.0. The van der Waals surface area contributed by atoms with Gasteiger partial charge in [-0.2, -0.15) is 5.10 Å². The smallest absolute Gasteiger partial charge is 0.411 e. The third kappa shape index (κ3) is 6.84. The third-order valence-corrected chi connectivity index (χ3v) is 7.75. The van der Waals surface area contributed by atoms with Crippen LogP contribution in [0.5, 0.6) is 0 Å². The molecule has 2 aromatic carbocycles. The Morgan fingerprint density at radius 2 is 1.95 bits per heavy atom. The molecule has 0 fully saturated rings. The number of carbonyl (C=O) groups excluding carboxylic acids is 3. The molecule has 10 nitrogen and oxygen atoms in total. The SMILES string of the molecule is COC(=O)Nc1ccc2c(c1)NC(=O)[C@H](C)CCC[C@H](NC(=O)c1cnn(-c3cccc(Cl)c3F)c1C)c1cc-2ccn1.Cl. The summed E-state index contributed by atoms with van der Waals surface area (Å²) < 4.78 is 20.7. The summed E-state index contributed by atoms with van der Waals surface area (Å²) >= 11 is 5.96. The fraction of sp³-hybridized carbons (Fsp3) is 0.258. The van der Waals surface area contributed by atoms with Gasteiger partial charge in [-0.1, -0.05) is 37.1 Å². The Balaban J connectivity index is 0.00000442. The van der Waals surface area contributed by atoms with Gasteiger partial charge in [0.1, 0.15) is 5.69 Å². The van der Waals surface area contributed by atoms with Gasteiger partial charge in [0.05, 0.1) is 47.0 Å².